The zero-order valence-corrected chi connectivity index (χ0v) is 10.3. The quantitative estimate of drug-likeness (QED) is 0.634. The van der Waals surface area contributed by atoms with E-state index in [9.17, 15) is 14.9 Å². The van der Waals surface area contributed by atoms with Crippen LogP contribution in [-0.4, -0.2) is 32.2 Å². The zero-order chi connectivity index (χ0) is 14.5. The van der Waals surface area contributed by atoms with Crippen LogP contribution < -0.4 is 4.74 Å². The number of nitrogens with zero attached hydrogens (tertiary/aromatic N) is 3. The van der Waals surface area contributed by atoms with Crippen molar-refractivity contribution in [3.05, 3.63) is 52.5 Å². The van der Waals surface area contributed by atoms with E-state index in [0.29, 0.717) is 18.9 Å². The Kier molecular flexibility index (Phi) is 3.94. The summed E-state index contributed by atoms with van der Waals surface area (Å²) in [6, 6.07) is 6.00. The van der Waals surface area contributed by atoms with Crippen LogP contribution in [0.15, 0.2) is 36.8 Å². The molecular formula is C12H11N3O5. The van der Waals surface area contributed by atoms with Crippen LogP contribution in [0.25, 0.3) is 0 Å². The first-order valence-corrected chi connectivity index (χ1v) is 5.68. The second kappa shape index (κ2) is 5.83. The van der Waals surface area contributed by atoms with E-state index in [1.165, 1.54) is 24.7 Å². The van der Waals surface area contributed by atoms with Crippen molar-refractivity contribution < 1.29 is 19.6 Å². The van der Waals surface area contributed by atoms with Gasteiger partial charge in [0.2, 0.25) is 6.33 Å². The minimum absolute atomic E-state index is 0.183. The fraction of sp³-hybridized carbons (Fsp3) is 0.167. The number of hydrogen-bond donors (Lipinski definition) is 1. The van der Waals surface area contributed by atoms with Crippen LogP contribution in [0.4, 0.5) is 5.82 Å². The monoisotopic (exact) mass is 277 g/mol. The molecule has 1 aromatic heterocycles. The van der Waals surface area contributed by atoms with Gasteiger partial charge in [0.05, 0.1) is 12.1 Å². The Labute approximate surface area is 113 Å². The van der Waals surface area contributed by atoms with Crippen molar-refractivity contribution in [2.75, 3.05) is 6.61 Å². The molecule has 104 valence electrons. The Hall–Kier alpha value is -2.90. The molecule has 8 nitrogen and oxygen atoms in total. The number of carboxylic acid groups (broad SMARTS) is 1. The standard InChI is InChI=1S/C12H11N3O5/c16-12(17)9-1-3-10(4-2-9)20-6-5-14-7-11(13-8-14)15(18)19/h1-4,7-8H,5-6H2,(H,16,17). The lowest BCUT2D eigenvalue weighted by atomic mass is 10.2. The summed E-state index contributed by atoms with van der Waals surface area (Å²) >= 11 is 0. The molecule has 0 amide bonds. The van der Waals surface area contributed by atoms with Crippen LogP contribution in [0.5, 0.6) is 5.75 Å². The van der Waals surface area contributed by atoms with E-state index < -0.39 is 10.9 Å². The van der Waals surface area contributed by atoms with Crippen molar-refractivity contribution >= 4 is 11.8 Å². The number of aromatic carboxylic acids is 1. The maximum Gasteiger partial charge on any atom is 0.381 e. The second-order valence-corrected chi connectivity index (χ2v) is 3.90. The van der Waals surface area contributed by atoms with Crippen molar-refractivity contribution in [2.24, 2.45) is 0 Å². The third kappa shape index (κ3) is 3.31. The first kappa shape index (κ1) is 13.5. The van der Waals surface area contributed by atoms with Gasteiger partial charge in [-0.1, -0.05) is 0 Å². The minimum Gasteiger partial charge on any atom is -0.492 e. The van der Waals surface area contributed by atoms with Crippen LogP contribution >= 0.6 is 0 Å². The lowest BCUT2D eigenvalue weighted by molar-refractivity contribution is -0.389. The summed E-state index contributed by atoms with van der Waals surface area (Å²) in [6.45, 7) is 0.696. The van der Waals surface area contributed by atoms with E-state index in [0.717, 1.165) is 0 Å². The van der Waals surface area contributed by atoms with Gasteiger partial charge >= 0.3 is 11.8 Å². The molecule has 1 heterocycles. The maximum absolute atomic E-state index is 10.7. The first-order chi connectivity index (χ1) is 9.56. The summed E-state index contributed by atoms with van der Waals surface area (Å²) in [5, 5.41) is 19.2. The number of rotatable bonds is 6. The van der Waals surface area contributed by atoms with E-state index >= 15 is 0 Å². The SMILES string of the molecule is O=C(O)c1ccc(OCCn2cnc([N+](=O)[O-])c2)cc1. The van der Waals surface area contributed by atoms with Gasteiger partial charge in [-0.15, -0.1) is 0 Å². The van der Waals surface area contributed by atoms with Crippen LogP contribution in [0.2, 0.25) is 0 Å². The van der Waals surface area contributed by atoms with E-state index in [1.54, 1.807) is 16.7 Å². The molecule has 0 aliphatic carbocycles. The molecule has 0 aliphatic heterocycles. The Bertz CT molecular complexity index is 620. The van der Waals surface area contributed by atoms with Gasteiger partial charge in [-0.25, -0.2) is 4.79 Å². The molecule has 0 spiro atoms. The number of imidazole rings is 1. The summed E-state index contributed by atoms with van der Waals surface area (Å²) in [4.78, 5) is 24.2. The number of aromatic nitrogens is 2. The first-order valence-electron chi connectivity index (χ1n) is 5.68. The predicted molar refractivity (Wildman–Crippen MR) is 67.8 cm³/mol. The Morgan fingerprint density at radius 2 is 2.10 bits per heavy atom. The number of carboxylic acids is 1. The van der Waals surface area contributed by atoms with Crippen LogP contribution in [0.3, 0.4) is 0 Å². The zero-order valence-electron chi connectivity index (χ0n) is 10.3. The summed E-state index contributed by atoms with van der Waals surface area (Å²) in [7, 11) is 0. The number of nitro groups is 1. The highest BCUT2D eigenvalue weighted by Gasteiger charge is 2.09. The lowest BCUT2D eigenvalue weighted by Gasteiger charge is -2.06. The number of benzene rings is 1. The van der Waals surface area contributed by atoms with Gasteiger partial charge in [0.1, 0.15) is 18.6 Å². The molecule has 1 aromatic carbocycles. The normalized spacial score (nSPS) is 10.2. The van der Waals surface area contributed by atoms with E-state index in [2.05, 4.69) is 4.98 Å². The summed E-state index contributed by atoms with van der Waals surface area (Å²) < 4.78 is 6.95. The summed E-state index contributed by atoms with van der Waals surface area (Å²) in [5.41, 5.74) is 0.183. The van der Waals surface area contributed by atoms with Gasteiger partial charge in [-0.2, -0.15) is 0 Å². The summed E-state index contributed by atoms with van der Waals surface area (Å²) in [5.74, 6) is -0.678. The molecule has 0 aliphatic rings. The van der Waals surface area contributed by atoms with Gasteiger partial charge in [0.25, 0.3) is 0 Å². The topological polar surface area (TPSA) is 107 Å². The molecule has 0 fully saturated rings. The van der Waals surface area contributed by atoms with Crippen molar-refractivity contribution in [3.63, 3.8) is 0 Å². The third-order valence-corrected chi connectivity index (χ3v) is 2.53. The fourth-order valence-electron chi connectivity index (χ4n) is 1.53. The third-order valence-electron chi connectivity index (χ3n) is 2.53. The molecule has 1 N–H and O–H groups in total. The number of carbonyl (C=O) groups is 1. The van der Waals surface area contributed by atoms with Crippen LogP contribution in [0.1, 0.15) is 10.4 Å². The molecule has 0 bridgehead atoms. The van der Waals surface area contributed by atoms with Crippen molar-refractivity contribution in [1.29, 1.82) is 0 Å². The van der Waals surface area contributed by atoms with Crippen molar-refractivity contribution in [2.45, 2.75) is 6.54 Å². The molecular weight excluding hydrogens is 266 g/mol. The average molecular weight is 277 g/mol. The van der Waals surface area contributed by atoms with Gasteiger partial charge in [-0.3, -0.25) is 0 Å². The highest BCUT2D eigenvalue weighted by Crippen LogP contribution is 2.12. The van der Waals surface area contributed by atoms with Gasteiger partial charge in [-0.05, 0) is 34.2 Å². The van der Waals surface area contributed by atoms with Crippen molar-refractivity contribution in [3.8, 4) is 5.75 Å². The second-order valence-electron chi connectivity index (χ2n) is 3.90. The Balaban J connectivity index is 1.85. The molecule has 20 heavy (non-hydrogen) atoms. The molecule has 0 saturated heterocycles. The Morgan fingerprint density at radius 3 is 2.65 bits per heavy atom. The average Bonchev–Trinajstić information content (AvgIpc) is 2.88. The summed E-state index contributed by atoms with van der Waals surface area (Å²) in [6.07, 6.45) is 2.67. The van der Waals surface area contributed by atoms with Gasteiger partial charge in [0.15, 0.2) is 0 Å². The lowest BCUT2D eigenvalue weighted by Crippen LogP contribution is -2.06. The molecule has 0 unspecified atom stereocenters. The van der Waals surface area contributed by atoms with Crippen molar-refractivity contribution in [1.82, 2.24) is 9.55 Å². The molecule has 2 aromatic rings. The highest BCUT2D eigenvalue weighted by molar-refractivity contribution is 5.87. The van der Waals surface area contributed by atoms with E-state index in [1.807, 2.05) is 0 Å². The molecule has 0 atom stereocenters. The largest absolute Gasteiger partial charge is 0.492 e. The minimum atomic E-state index is -0.998. The highest BCUT2D eigenvalue weighted by atomic mass is 16.6. The molecule has 0 radical (unpaired) electrons. The van der Waals surface area contributed by atoms with E-state index in [-0.39, 0.29) is 11.4 Å². The molecule has 2 rings (SSSR count). The van der Waals surface area contributed by atoms with E-state index in [4.69, 9.17) is 9.84 Å². The van der Waals surface area contributed by atoms with Gasteiger partial charge < -0.3 is 24.5 Å². The maximum atomic E-state index is 10.7. The smallest absolute Gasteiger partial charge is 0.381 e. The van der Waals surface area contributed by atoms with Gasteiger partial charge in [0, 0.05) is 0 Å². The fourth-order valence-corrected chi connectivity index (χ4v) is 1.53. The molecule has 0 saturated carbocycles. The number of hydrogen-bond acceptors (Lipinski definition) is 5. The predicted octanol–water partition coefficient (Wildman–Crippen LogP) is 1.57. The molecule has 8 heteroatoms. The van der Waals surface area contributed by atoms with Crippen LogP contribution in [-0.2, 0) is 6.54 Å². The Morgan fingerprint density at radius 1 is 1.40 bits per heavy atom. The number of ether oxygens (including phenoxy) is 1. The van der Waals surface area contributed by atoms with Crippen LogP contribution in [0, 0.1) is 10.1 Å².